The van der Waals surface area contributed by atoms with Crippen LogP contribution in [0, 0.1) is 0 Å². The maximum Gasteiger partial charge on any atom is 0.304 e. The van der Waals surface area contributed by atoms with Crippen molar-refractivity contribution in [1.29, 1.82) is 0 Å². The van der Waals surface area contributed by atoms with Crippen LogP contribution < -0.4 is 0 Å². The van der Waals surface area contributed by atoms with Crippen molar-refractivity contribution in [1.82, 2.24) is 9.80 Å². The molecule has 0 radical (unpaired) electrons. The van der Waals surface area contributed by atoms with E-state index in [2.05, 4.69) is 15.9 Å². The molecule has 4 nitrogen and oxygen atoms in total. The SMILES string of the molecule is O=C(O)CCN1CCN(Cc2cccc(Cl)c2)CC1. The second-order valence-corrected chi connectivity index (χ2v) is 5.33. The van der Waals surface area contributed by atoms with Crippen LogP contribution in [0.1, 0.15) is 12.0 Å². The van der Waals surface area contributed by atoms with Gasteiger partial charge in [-0.3, -0.25) is 9.69 Å². The van der Waals surface area contributed by atoms with Crippen LogP contribution in [0.25, 0.3) is 0 Å². The summed E-state index contributed by atoms with van der Waals surface area (Å²) < 4.78 is 0. The van der Waals surface area contributed by atoms with Crippen LogP contribution in [-0.4, -0.2) is 53.6 Å². The zero-order chi connectivity index (χ0) is 13.7. The van der Waals surface area contributed by atoms with Gasteiger partial charge in [-0.1, -0.05) is 23.7 Å². The number of nitrogens with zero attached hydrogens (tertiary/aromatic N) is 2. The van der Waals surface area contributed by atoms with Crippen LogP contribution in [0.2, 0.25) is 5.02 Å². The zero-order valence-electron chi connectivity index (χ0n) is 10.9. The number of carboxylic acid groups (broad SMARTS) is 1. The Hall–Kier alpha value is -1.10. The van der Waals surface area contributed by atoms with Gasteiger partial charge in [0.2, 0.25) is 0 Å². The van der Waals surface area contributed by atoms with E-state index in [-0.39, 0.29) is 6.42 Å². The normalized spacial score (nSPS) is 17.5. The van der Waals surface area contributed by atoms with E-state index in [1.807, 2.05) is 18.2 Å². The van der Waals surface area contributed by atoms with E-state index in [1.165, 1.54) is 5.56 Å². The average Bonchev–Trinajstić information content (AvgIpc) is 2.38. The van der Waals surface area contributed by atoms with E-state index >= 15 is 0 Å². The molecule has 1 fully saturated rings. The molecule has 0 spiro atoms. The summed E-state index contributed by atoms with van der Waals surface area (Å²) in [6, 6.07) is 7.94. The molecule has 1 aromatic rings. The van der Waals surface area contributed by atoms with Gasteiger partial charge in [-0.2, -0.15) is 0 Å². The molecule has 0 aromatic heterocycles. The third-order valence-electron chi connectivity index (χ3n) is 3.40. The molecule has 1 heterocycles. The van der Waals surface area contributed by atoms with Gasteiger partial charge in [0.1, 0.15) is 0 Å². The molecular weight excluding hydrogens is 264 g/mol. The molecule has 1 N–H and O–H groups in total. The van der Waals surface area contributed by atoms with E-state index in [9.17, 15) is 4.79 Å². The Morgan fingerprint density at radius 2 is 1.89 bits per heavy atom. The number of piperazine rings is 1. The van der Waals surface area contributed by atoms with E-state index in [1.54, 1.807) is 0 Å². The Balaban J connectivity index is 1.75. The van der Waals surface area contributed by atoms with Gasteiger partial charge in [0.25, 0.3) is 0 Å². The molecule has 1 aliphatic rings. The predicted octanol–water partition coefficient (Wildman–Crippen LogP) is 1.93. The fraction of sp³-hybridized carbons (Fsp3) is 0.500. The topological polar surface area (TPSA) is 43.8 Å². The largest absolute Gasteiger partial charge is 0.481 e. The van der Waals surface area contributed by atoms with Crippen molar-refractivity contribution < 1.29 is 9.90 Å². The van der Waals surface area contributed by atoms with Crippen molar-refractivity contribution in [3.63, 3.8) is 0 Å². The summed E-state index contributed by atoms with van der Waals surface area (Å²) in [5.41, 5.74) is 1.23. The minimum atomic E-state index is -0.721. The molecule has 0 atom stereocenters. The second-order valence-electron chi connectivity index (χ2n) is 4.89. The zero-order valence-corrected chi connectivity index (χ0v) is 11.6. The first-order valence-electron chi connectivity index (χ1n) is 6.54. The molecule has 0 saturated carbocycles. The highest BCUT2D eigenvalue weighted by Crippen LogP contribution is 2.14. The second kappa shape index (κ2) is 6.89. The third kappa shape index (κ3) is 4.82. The summed E-state index contributed by atoms with van der Waals surface area (Å²) in [4.78, 5) is 15.1. The lowest BCUT2D eigenvalue weighted by molar-refractivity contribution is -0.137. The van der Waals surface area contributed by atoms with Gasteiger partial charge in [-0.05, 0) is 17.7 Å². The lowest BCUT2D eigenvalue weighted by atomic mass is 10.2. The summed E-state index contributed by atoms with van der Waals surface area (Å²) >= 11 is 5.97. The number of hydrogen-bond donors (Lipinski definition) is 1. The molecule has 104 valence electrons. The smallest absolute Gasteiger partial charge is 0.304 e. The molecule has 5 heteroatoms. The summed E-state index contributed by atoms with van der Waals surface area (Å²) in [6.45, 7) is 5.40. The fourth-order valence-corrected chi connectivity index (χ4v) is 2.53. The monoisotopic (exact) mass is 282 g/mol. The minimum absolute atomic E-state index is 0.230. The van der Waals surface area contributed by atoms with Crippen molar-refractivity contribution >= 4 is 17.6 Å². The molecule has 0 bridgehead atoms. The number of carboxylic acids is 1. The van der Waals surface area contributed by atoms with E-state index in [4.69, 9.17) is 16.7 Å². The maximum absolute atomic E-state index is 10.5. The molecule has 0 amide bonds. The van der Waals surface area contributed by atoms with Gasteiger partial charge in [0.15, 0.2) is 0 Å². The van der Waals surface area contributed by atoms with Crippen LogP contribution >= 0.6 is 11.6 Å². The van der Waals surface area contributed by atoms with Crippen molar-refractivity contribution in [3.8, 4) is 0 Å². The van der Waals surface area contributed by atoms with Crippen molar-refractivity contribution in [3.05, 3.63) is 34.9 Å². The summed E-state index contributed by atoms with van der Waals surface area (Å²) in [5, 5.41) is 9.44. The molecule has 1 aliphatic heterocycles. The number of carbonyl (C=O) groups is 1. The van der Waals surface area contributed by atoms with Crippen LogP contribution in [0.5, 0.6) is 0 Å². The van der Waals surface area contributed by atoms with E-state index < -0.39 is 5.97 Å². The summed E-state index contributed by atoms with van der Waals surface area (Å²) in [7, 11) is 0. The number of aliphatic carboxylic acids is 1. The average molecular weight is 283 g/mol. The minimum Gasteiger partial charge on any atom is -0.481 e. The standard InChI is InChI=1S/C14H19ClN2O2/c15-13-3-1-2-12(10-13)11-17-8-6-16(7-9-17)5-4-14(18)19/h1-3,10H,4-9,11H2,(H,18,19). The Labute approximate surface area is 118 Å². The van der Waals surface area contributed by atoms with Crippen LogP contribution in [0.15, 0.2) is 24.3 Å². The first-order chi connectivity index (χ1) is 9.13. The highest BCUT2D eigenvalue weighted by atomic mass is 35.5. The van der Waals surface area contributed by atoms with Crippen molar-refractivity contribution in [2.45, 2.75) is 13.0 Å². The van der Waals surface area contributed by atoms with E-state index in [0.717, 1.165) is 37.7 Å². The lowest BCUT2D eigenvalue weighted by Crippen LogP contribution is -2.46. The lowest BCUT2D eigenvalue weighted by Gasteiger charge is -2.34. The molecular formula is C14H19ClN2O2. The summed E-state index contributed by atoms with van der Waals surface area (Å²) in [5.74, 6) is -0.721. The van der Waals surface area contributed by atoms with Gasteiger partial charge in [0.05, 0.1) is 6.42 Å². The Bertz CT molecular complexity index is 431. The Morgan fingerprint density at radius 3 is 2.53 bits per heavy atom. The third-order valence-corrected chi connectivity index (χ3v) is 3.64. The fourth-order valence-electron chi connectivity index (χ4n) is 2.32. The number of halogens is 1. The van der Waals surface area contributed by atoms with Crippen LogP contribution in [-0.2, 0) is 11.3 Å². The Morgan fingerprint density at radius 1 is 1.21 bits per heavy atom. The molecule has 1 aromatic carbocycles. The molecule has 1 saturated heterocycles. The molecule has 19 heavy (non-hydrogen) atoms. The molecule has 0 unspecified atom stereocenters. The van der Waals surface area contributed by atoms with Crippen LogP contribution in [0.4, 0.5) is 0 Å². The number of hydrogen-bond acceptors (Lipinski definition) is 3. The van der Waals surface area contributed by atoms with Crippen molar-refractivity contribution in [2.75, 3.05) is 32.7 Å². The maximum atomic E-state index is 10.5. The highest BCUT2D eigenvalue weighted by Gasteiger charge is 2.17. The van der Waals surface area contributed by atoms with Gasteiger partial charge < -0.3 is 10.0 Å². The van der Waals surface area contributed by atoms with Crippen molar-refractivity contribution in [2.24, 2.45) is 0 Å². The van der Waals surface area contributed by atoms with Gasteiger partial charge in [-0.25, -0.2) is 0 Å². The van der Waals surface area contributed by atoms with Gasteiger partial charge >= 0.3 is 5.97 Å². The first kappa shape index (κ1) is 14.3. The number of rotatable bonds is 5. The molecule has 0 aliphatic carbocycles. The highest BCUT2D eigenvalue weighted by molar-refractivity contribution is 6.30. The Kier molecular flexibility index (Phi) is 5.19. The van der Waals surface area contributed by atoms with Gasteiger partial charge in [-0.15, -0.1) is 0 Å². The predicted molar refractivity (Wildman–Crippen MR) is 75.4 cm³/mol. The van der Waals surface area contributed by atoms with Crippen LogP contribution in [0.3, 0.4) is 0 Å². The molecule has 2 rings (SSSR count). The van der Waals surface area contributed by atoms with Gasteiger partial charge in [0, 0.05) is 44.3 Å². The quantitative estimate of drug-likeness (QED) is 0.896. The first-order valence-corrected chi connectivity index (χ1v) is 6.92. The number of benzene rings is 1. The summed E-state index contributed by atoms with van der Waals surface area (Å²) in [6.07, 6.45) is 0.230. The van der Waals surface area contributed by atoms with E-state index in [0.29, 0.717) is 6.54 Å².